The molecule has 174 valence electrons. The number of amides is 1. The summed E-state index contributed by atoms with van der Waals surface area (Å²) in [5.74, 6) is -2.86. The highest BCUT2D eigenvalue weighted by Crippen LogP contribution is 2.45. The molecule has 0 radical (unpaired) electrons. The number of rotatable bonds is 4. The first-order valence-electron chi connectivity index (χ1n) is 10.00. The summed E-state index contributed by atoms with van der Waals surface area (Å²) in [5.41, 5.74) is 1.11. The maximum atomic E-state index is 14.0. The number of hydrogen-bond acceptors (Lipinski definition) is 4. The first kappa shape index (κ1) is 24.1. The van der Waals surface area contributed by atoms with E-state index >= 15 is 0 Å². The Morgan fingerprint density at radius 1 is 1.00 bits per heavy atom. The molecule has 1 saturated heterocycles. The van der Waals surface area contributed by atoms with Crippen LogP contribution in [0.25, 0.3) is 5.76 Å². The number of aryl methyl sites for hydroxylation is 1. The fourth-order valence-electron chi connectivity index (χ4n) is 3.98. The second-order valence-corrected chi connectivity index (χ2v) is 8.87. The molecule has 0 spiro atoms. The zero-order valence-electron chi connectivity index (χ0n) is 17.9. The van der Waals surface area contributed by atoms with Gasteiger partial charge in [-0.15, -0.1) is 0 Å². The minimum atomic E-state index is -1.12. The molecule has 0 bridgehead atoms. The molecule has 0 aromatic heterocycles. The summed E-state index contributed by atoms with van der Waals surface area (Å²) in [6.07, 6.45) is 0. The zero-order valence-corrected chi connectivity index (χ0v) is 20.2. The molecule has 1 aliphatic rings. The molecular formula is C25H17Cl3FNO4. The number of Topliss-reactive ketones (excluding diaryl/α,β-unsaturated/α-hetero) is 1. The molecule has 3 aromatic carbocycles. The van der Waals surface area contributed by atoms with Crippen molar-refractivity contribution in [3.05, 3.63) is 97.7 Å². The van der Waals surface area contributed by atoms with Gasteiger partial charge in [-0.2, -0.15) is 0 Å². The molecule has 0 aliphatic carbocycles. The number of nitrogens with zero attached hydrogens (tertiary/aromatic N) is 1. The lowest BCUT2D eigenvalue weighted by atomic mass is 9.94. The first-order chi connectivity index (χ1) is 16.1. The van der Waals surface area contributed by atoms with E-state index in [9.17, 15) is 19.1 Å². The molecule has 4 rings (SSSR count). The number of carbonyl (C=O) groups is 2. The van der Waals surface area contributed by atoms with Crippen LogP contribution in [0.1, 0.15) is 22.7 Å². The summed E-state index contributed by atoms with van der Waals surface area (Å²) in [5, 5.41) is 12.0. The highest BCUT2D eigenvalue weighted by atomic mass is 35.5. The van der Waals surface area contributed by atoms with Crippen LogP contribution < -0.4 is 9.64 Å². The van der Waals surface area contributed by atoms with E-state index in [-0.39, 0.29) is 37.6 Å². The highest BCUT2D eigenvalue weighted by Gasteiger charge is 2.47. The van der Waals surface area contributed by atoms with Crippen molar-refractivity contribution in [1.29, 1.82) is 0 Å². The van der Waals surface area contributed by atoms with Gasteiger partial charge in [0.2, 0.25) is 0 Å². The van der Waals surface area contributed by atoms with Crippen LogP contribution in [0.2, 0.25) is 15.1 Å². The molecule has 3 aromatic rings. The predicted octanol–water partition coefficient (Wildman–Crippen LogP) is 6.73. The largest absolute Gasteiger partial charge is 0.507 e. The number of halogens is 4. The summed E-state index contributed by atoms with van der Waals surface area (Å²) in [6, 6.07) is 11.9. The Balaban J connectivity index is 2.03. The Kier molecular flexibility index (Phi) is 6.58. The summed E-state index contributed by atoms with van der Waals surface area (Å²) in [4.78, 5) is 27.5. The molecular weight excluding hydrogens is 504 g/mol. The van der Waals surface area contributed by atoms with Crippen molar-refractivity contribution in [2.24, 2.45) is 0 Å². The number of anilines is 1. The standard InChI is InChI=1S/C25H17Cl3FNO4/c1-12-8-16(24(34-2)19(28)9-12)22(31)20-21(13-6-7-17(26)18(27)10-13)30(25(33)23(20)32)15-5-3-4-14(29)11-15/h3-11,21,31H,1-2H3/b22-20+. The van der Waals surface area contributed by atoms with Crippen molar-refractivity contribution in [2.75, 3.05) is 12.0 Å². The van der Waals surface area contributed by atoms with Gasteiger partial charge >= 0.3 is 0 Å². The van der Waals surface area contributed by atoms with E-state index in [1.165, 1.54) is 37.4 Å². The number of hydrogen-bond donors (Lipinski definition) is 1. The lowest BCUT2D eigenvalue weighted by Gasteiger charge is -2.26. The molecule has 1 unspecified atom stereocenters. The van der Waals surface area contributed by atoms with Gasteiger partial charge in [-0.1, -0.05) is 46.9 Å². The van der Waals surface area contributed by atoms with E-state index in [0.717, 1.165) is 11.0 Å². The molecule has 1 atom stereocenters. The normalized spacial score (nSPS) is 17.4. The van der Waals surface area contributed by atoms with Crippen LogP contribution in [0.3, 0.4) is 0 Å². The van der Waals surface area contributed by atoms with Gasteiger partial charge in [0.1, 0.15) is 17.3 Å². The van der Waals surface area contributed by atoms with Crippen LogP contribution >= 0.6 is 34.8 Å². The number of aliphatic hydroxyl groups is 1. The minimum Gasteiger partial charge on any atom is -0.507 e. The lowest BCUT2D eigenvalue weighted by Crippen LogP contribution is -2.29. The molecule has 1 heterocycles. The SMILES string of the molecule is COc1c(Cl)cc(C)cc1/C(O)=C1\C(=O)C(=O)N(c2cccc(F)c2)C1c1ccc(Cl)c(Cl)c1. The van der Waals surface area contributed by atoms with Crippen LogP contribution in [0, 0.1) is 12.7 Å². The number of carbonyl (C=O) groups excluding carboxylic acids is 2. The third kappa shape index (κ3) is 4.13. The predicted molar refractivity (Wildman–Crippen MR) is 130 cm³/mol. The first-order valence-corrected chi connectivity index (χ1v) is 11.1. The van der Waals surface area contributed by atoms with Crippen LogP contribution in [-0.4, -0.2) is 23.9 Å². The lowest BCUT2D eigenvalue weighted by molar-refractivity contribution is -0.132. The topological polar surface area (TPSA) is 66.8 Å². The molecule has 9 heteroatoms. The fraction of sp³-hybridized carbons (Fsp3) is 0.120. The van der Waals surface area contributed by atoms with E-state index in [4.69, 9.17) is 39.5 Å². The number of ether oxygens (including phenoxy) is 1. The zero-order chi connectivity index (χ0) is 24.7. The summed E-state index contributed by atoms with van der Waals surface area (Å²) in [7, 11) is 1.37. The van der Waals surface area contributed by atoms with Crippen molar-refractivity contribution in [1.82, 2.24) is 0 Å². The van der Waals surface area contributed by atoms with E-state index in [0.29, 0.717) is 11.1 Å². The molecule has 1 amide bonds. The van der Waals surface area contributed by atoms with E-state index in [1.54, 1.807) is 25.1 Å². The van der Waals surface area contributed by atoms with Crippen LogP contribution in [0.15, 0.2) is 60.2 Å². The smallest absolute Gasteiger partial charge is 0.300 e. The third-order valence-corrected chi connectivity index (χ3v) is 6.46. The molecule has 1 aliphatic heterocycles. The Labute approximate surface area is 209 Å². The van der Waals surface area contributed by atoms with Gasteiger partial charge in [-0.3, -0.25) is 14.5 Å². The van der Waals surface area contributed by atoms with Crippen molar-refractivity contribution in [3.63, 3.8) is 0 Å². The quantitative estimate of drug-likeness (QED) is 0.235. The monoisotopic (exact) mass is 519 g/mol. The van der Waals surface area contributed by atoms with Gasteiger partial charge in [-0.25, -0.2) is 4.39 Å². The number of aliphatic hydroxyl groups excluding tert-OH is 1. The average molecular weight is 521 g/mol. The van der Waals surface area contributed by atoms with E-state index in [2.05, 4.69) is 0 Å². The van der Waals surface area contributed by atoms with Crippen molar-refractivity contribution < 1.29 is 23.8 Å². The number of benzene rings is 3. The van der Waals surface area contributed by atoms with Crippen LogP contribution in [-0.2, 0) is 9.59 Å². The maximum Gasteiger partial charge on any atom is 0.300 e. The van der Waals surface area contributed by atoms with Gasteiger partial charge in [-0.05, 0) is 60.5 Å². The second-order valence-electron chi connectivity index (χ2n) is 7.65. The second kappa shape index (κ2) is 9.29. The molecule has 1 fully saturated rings. The Morgan fingerprint density at radius 2 is 1.74 bits per heavy atom. The summed E-state index contributed by atoms with van der Waals surface area (Å²) in [6.45, 7) is 1.75. The molecule has 1 N–H and O–H groups in total. The van der Waals surface area contributed by atoms with E-state index in [1.807, 2.05) is 0 Å². The summed E-state index contributed by atoms with van der Waals surface area (Å²) < 4.78 is 19.4. The molecule has 0 saturated carbocycles. The minimum absolute atomic E-state index is 0.131. The van der Waals surface area contributed by atoms with Gasteiger partial charge in [0.15, 0.2) is 0 Å². The van der Waals surface area contributed by atoms with Gasteiger partial charge in [0, 0.05) is 5.69 Å². The molecule has 34 heavy (non-hydrogen) atoms. The Hall–Kier alpha value is -3.06. The Bertz CT molecular complexity index is 1370. The number of ketones is 1. The van der Waals surface area contributed by atoms with Crippen molar-refractivity contribution >= 4 is 57.9 Å². The maximum absolute atomic E-state index is 14.0. The van der Waals surface area contributed by atoms with Gasteiger partial charge in [0.05, 0.1) is 39.4 Å². The van der Waals surface area contributed by atoms with E-state index < -0.39 is 29.3 Å². The fourth-order valence-corrected chi connectivity index (χ4v) is 4.64. The van der Waals surface area contributed by atoms with Crippen LogP contribution in [0.5, 0.6) is 5.75 Å². The van der Waals surface area contributed by atoms with Crippen molar-refractivity contribution in [2.45, 2.75) is 13.0 Å². The van der Waals surface area contributed by atoms with Gasteiger partial charge < -0.3 is 9.84 Å². The van der Waals surface area contributed by atoms with Gasteiger partial charge in [0.25, 0.3) is 11.7 Å². The third-order valence-electron chi connectivity index (χ3n) is 5.44. The summed E-state index contributed by atoms with van der Waals surface area (Å²) >= 11 is 18.6. The van der Waals surface area contributed by atoms with Crippen molar-refractivity contribution in [3.8, 4) is 5.75 Å². The average Bonchev–Trinajstić information content (AvgIpc) is 3.05. The highest BCUT2D eigenvalue weighted by molar-refractivity contribution is 6.52. The number of methoxy groups -OCH3 is 1. The Morgan fingerprint density at radius 3 is 2.38 bits per heavy atom. The van der Waals surface area contributed by atoms with Crippen LogP contribution in [0.4, 0.5) is 10.1 Å². The molecule has 5 nitrogen and oxygen atoms in total.